The molecule has 1 N–H and O–H groups in total. The average Bonchev–Trinajstić information content (AvgIpc) is 2.25. The van der Waals surface area contributed by atoms with Crippen LogP contribution in [-0.4, -0.2) is 4.57 Å². The second kappa shape index (κ2) is 5.47. The molecule has 0 radical (unpaired) electrons. The molecule has 0 bridgehead atoms. The number of pyridine rings is 1. The van der Waals surface area contributed by atoms with Crippen LogP contribution in [0.2, 0.25) is 0 Å². The molecule has 1 aromatic carbocycles. The Balaban J connectivity index is 0.00000128. The summed E-state index contributed by atoms with van der Waals surface area (Å²) in [4.78, 5) is 0. The van der Waals surface area contributed by atoms with Crippen molar-refractivity contribution in [3.05, 3.63) is 65.5 Å². The lowest BCUT2D eigenvalue weighted by molar-refractivity contribution is -0.00000390. The Kier molecular flexibility index (Phi) is 4.26. The highest BCUT2D eigenvalue weighted by Gasteiger charge is 1.94. The first-order chi connectivity index (χ1) is 7.24. The summed E-state index contributed by atoms with van der Waals surface area (Å²) < 4.78 is 14.6. The summed E-state index contributed by atoms with van der Waals surface area (Å²) >= 11 is 0. The van der Waals surface area contributed by atoms with Crippen LogP contribution in [0.5, 0.6) is 0 Å². The Labute approximate surface area is 99.3 Å². The van der Waals surface area contributed by atoms with Crippen molar-refractivity contribution in [3.63, 3.8) is 0 Å². The van der Waals surface area contributed by atoms with Gasteiger partial charge in [0.15, 0.2) is 0 Å². The minimum Gasteiger partial charge on any atom is -1.00 e. The molecule has 0 saturated carbocycles. The van der Waals surface area contributed by atoms with E-state index in [-0.39, 0.29) is 18.2 Å². The summed E-state index contributed by atoms with van der Waals surface area (Å²) in [6.07, 6.45) is 3.68. The van der Waals surface area contributed by atoms with Crippen LogP contribution in [0.4, 0.5) is 4.39 Å². The van der Waals surface area contributed by atoms with Crippen molar-refractivity contribution in [1.29, 1.82) is 5.41 Å². The molecule has 2 aromatic rings. The van der Waals surface area contributed by atoms with Crippen LogP contribution >= 0.6 is 0 Å². The zero-order valence-electron chi connectivity index (χ0n) is 8.53. The normalized spacial score (nSPS) is 9.56. The molecule has 1 aromatic heterocycles. The third kappa shape index (κ3) is 3.21. The number of rotatable bonds is 2. The second-order valence-corrected chi connectivity index (χ2v) is 3.39. The fraction of sp³-hybridized carbons (Fsp3) is 0.0833. The van der Waals surface area contributed by atoms with E-state index in [2.05, 4.69) is 0 Å². The van der Waals surface area contributed by atoms with E-state index in [9.17, 15) is 4.39 Å². The van der Waals surface area contributed by atoms with Gasteiger partial charge in [-0.25, -0.2) is 4.39 Å². The van der Waals surface area contributed by atoms with E-state index < -0.39 is 0 Å². The number of nitrogens with zero attached hydrogens (tertiary/aromatic N) is 1. The summed E-state index contributed by atoms with van der Waals surface area (Å²) in [5.74, 6) is -0.217. The lowest BCUT2D eigenvalue weighted by Crippen LogP contribution is -3.00. The quantitative estimate of drug-likeness (QED) is 0.706. The predicted molar refractivity (Wildman–Crippen MR) is 55.8 cm³/mol. The van der Waals surface area contributed by atoms with E-state index in [0.29, 0.717) is 11.9 Å². The largest absolute Gasteiger partial charge is 1.00 e. The van der Waals surface area contributed by atoms with E-state index in [1.807, 2.05) is 17.0 Å². The first kappa shape index (κ1) is 12.5. The molecular formula is C12H11ClFN2-. The van der Waals surface area contributed by atoms with Crippen molar-refractivity contribution in [3.8, 4) is 0 Å². The molecule has 0 amide bonds. The number of hydrogen-bond donors (Lipinski definition) is 1. The molecule has 16 heavy (non-hydrogen) atoms. The maximum atomic E-state index is 12.6. The summed E-state index contributed by atoms with van der Waals surface area (Å²) in [6, 6.07) is 9.88. The van der Waals surface area contributed by atoms with Crippen LogP contribution in [0.1, 0.15) is 5.56 Å². The number of aromatic nitrogens is 1. The summed E-state index contributed by atoms with van der Waals surface area (Å²) in [6.45, 7) is 0.695. The van der Waals surface area contributed by atoms with Gasteiger partial charge in [-0.15, -0.1) is 0 Å². The van der Waals surface area contributed by atoms with Crippen molar-refractivity contribution in [1.82, 2.24) is 4.57 Å². The van der Waals surface area contributed by atoms with E-state index >= 15 is 0 Å². The van der Waals surface area contributed by atoms with Crippen molar-refractivity contribution < 1.29 is 16.8 Å². The van der Waals surface area contributed by atoms with E-state index in [4.69, 9.17) is 5.41 Å². The Bertz CT molecular complexity index is 485. The number of benzene rings is 1. The van der Waals surface area contributed by atoms with Crippen LogP contribution in [-0.2, 0) is 6.54 Å². The van der Waals surface area contributed by atoms with Crippen molar-refractivity contribution >= 4 is 0 Å². The smallest absolute Gasteiger partial charge is 0.123 e. The maximum absolute atomic E-state index is 12.6. The molecule has 2 nitrogen and oxygen atoms in total. The van der Waals surface area contributed by atoms with Crippen LogP contribution < -0.4 is 17.8 Å². The number of hydrogen-bond acceptors (Lipinski definition) is 1. The molecule has 0 fully saturated rings. The standard InChI is InChI=1S/C12H11FN2.ClH/c13-11-3-1-10(2-4-11)9-15-7-5-12(14)6-8-15;/h1-8,14H,9H2;1H/p-1. The highest BCUT2D eigenvalue weighted by Crippen LogP contribution is 2.04. The highest BCUT2D eigenvalue weighted by molar-refractivity contribution is 5.16. The zero-order valence-corrected chi connectivity index (χ0v) is 9.28. The molecule has 0 unspecified atom stereocenters. The third-order valence-corrected chi connectivity index (χ3v) is 2.17. The van der Waals surface area contributed by atoms with Gasteiger partial charge in [-0.3, -0.25) is 0 Å². The first-order valence-corrected chi connectivity index (χ1v) is 4.69. The zero-order chi connectivity index (χ0) is 10.7. The first-order valence-electron chi connectivity index (χ1n) is 4.69. The third-order valence-electron chi connectivity index (χ3n) is 2.17. The molecule has 84 valence electrons. The number of halogens is 2. The summed E-state index contributed by atoms with van der Waals surface area (Å²) in [7, 11) is 0. The average molecular weight is 238 g/mol. The molecule has 4 heteroatoms. The van der Waals surface area contributed by atoms with Gasteiger partial charge in [-0.05, 0) is 29.8 Å². The van der Waals surface area contributed by atoms with Gasteiger partial charge in [0.2, 0.25) is 0 Å². The van der Waals surface area contributed by atoms with Gasteiger partial charge in [0.1, 0.15) is 5.82 Å². The highest BCUT2D eigenvalue weighted by atomic mass is 35.5. The molecule has 0 saturated heterocycles. The van der Waals surface area contributed by atoms with E-state index in [1.165, 1.54) is 12.1 Å². The Morgan fingerprint density at radius 3 is 2.12 bits per heavy atom. The van der Waals surface area contributed by atoms with Gasteiger partial charge in [-0.1, -0.05) is 12.1 Å². The molecule has 0 aliphatic heterocycles. The molecule has 1 heterocycles. The summed E-state index contributed by atoms with van der Waals surface area (Å²) in [5, 5.41) is 7.83. The van der Waals surface area contributed by atoms with Gasteiger partial charge >= 0.3 is 0 Å². The molecule has 0 spiro atoms. The van der Waals surface area contributed by atoms with Crippen molar-refractivity contribution in [2.24, 2.45) is 0 Å². The van der Waals surface area contributed by atoms with Gasteiger partial charge in [0.05, 0.1) is 5.36 Å². The minimum atomic E-state index is -0.217. The van der Waals surface area contributed by atoms with E-state index in [1.54, 1.807) is 24.3 Å². The second-order valence-electron chi connectivity index (χ2n) is 3.39. The molecule has 0 aliphatic carbocycles. The Morgan fingerprint density at radius 1 is 1.00 bits per heavy atom. The van der Waals surface area contributed by atoms with E-state index in [0.717, 1.165) is 5.56 Å². The SMILES string of the molecule is N=c1ccn(Cc2ccc(F)cc2)cc1.[Cl-]. The van der Waals surface area contributed by atoms with Crippen molar-refractivity contribution in [2.45, 2.75) is 6.54 Å². The number of nitrogens with one attached hydrogen (secondary N) is 1. The monoisotopic (exact) mass is 237 g/mol. The van der Waals surface area contributed by atoms with Gasteiger partial charge in [-0.2, -0.15) is 0 Å². The molecule has 0 aliphatic rings. The fourth-order valence-electron chi connectivity index (χ4n) is 1.36. The lowest BCUT2D eigenvalue weighted by Gasteiger charge is -2.05. The molecule has 0 atom stereocenters. The van der Waals surface area contributed by atoms with Gasteiger partial charge < -0.3 is 22.4 Å². The van der Waals surface area contributed by atoms with Gasteiger partial charge in [0, 0.05) is 18.9 Å². The predicted octanol–water partition coefficient (Wildman–Crippen LogP) is -0.841. The molecular weight excluding hydrogens is 227 g/mol. The fourth-order valence-corrected chi connectivity index (χ4v) is 1.36. The maximum Gasteiger partial charge on any atom is 0.123 e. The molecule has 2 rings (SSSR count). The Morgan fingerprint density at radius 2 is 1.56 bits per heavy atom. The van der Waals surface area contributed by atoms with Crippen LogP contribution in [0, 0.1) is 11.2 Å². The van der Waals surface area contributed by atoms with Crippen molar-refractivity contribution in [2.75, 3.05) is 0 Å². The summed E-state index contributed by atoms with van der Waals surface area (Å²) in [5.41, 5.74) is 1.04. The van der Waals surface area contributed by atoms with Crippen LogP contribution in [0.3, 0.4) is 0 Å². The van der Waals surface area contributed by atoms with Crippen LogP contribution in [0.15, 0.2) is 48.8 Å². The van der Waals surface area contributed by atoms with Gasteiger partial charge in [0.25, 0.3) is 0 Å². The topological polar surface area (TPSA) is 28.8 Å². The Hall–Kier alpha value is -1.61. The lowest BCUT2D eigenvalue weighted by atomic mass is 10.2. The van der Waals surface area contributed by atoms with Crippen LogP contribution in [0.25, 0.3) is 0 Å². The minimum absolute atomic E-state index is 0.